The van der Waals surface area contributed by atoms with Gasteiger partial charge in [-0.3, -0.25) is 9.10 Å². The number of benzene rings is 2. The summed E-state index contributed by atoms with van der Waals surface area (Å²) in [6.07, 6.45) is -3.12. The summed E-state index contributed by atoms with van der Waals surface area (Å²) in [5.41, 5.74) is -0.598. The molecule has 1 N–H and O–H groups in total. The monoisotopic (exact) mass is 587 g/mol. The number of sulfonamides is 2. The highest BCUT2D eigenvalue weighted by molar-refractivity contribution is 7.92. The molecule has 0 atom stereocenters. The van der Waals surface area contributed by atoms with Gasteiger partial charge in [0.1, 0.15) is 6.26 Å². The molecule has 0 aliphatic carbocycles. The van der Waals surface area contributed by atoms with Gasteiger partial charge in [0.05, 0.1) is 22.4 Å². The first-order valence-electron chi connectivity index (χ1n) is 11.4. The van der Waals surface area contributed by atoms with Gasteiger partial charge in [0.25, 0.3) is 11.9 Å². The number of halogens is 3. The van der Waals surface area contributed by atoms with E-state index in [1.54, 1.807) is 12.1 Å². The Morgan fingerprint density at radius 1 is 1.00 bits per heavy atom. The molecule has 0 unspecified atom stereocenters. The molecule has 1 saturated heterocycles. The molecule has 2 aromatic carbocycles. The number of nitrogens with zero attached hydrogens (tertiary/aromatic N) is 4. The number of oxazole rings is 1. The van der Waals surface area contributed by atoms with Crippen molar-refractivity contribution in [2.75, 3.05) is 54.0 Å². The second kappa shape index (κ2) is 10.5. The van der Waals surface area contributed by atoms with Crippen LogP contribution in [0, 0.1) is 0 Å². The lowest BCUT2D eigenvalue weighted by Crippen LogP contribution is -2.48. The van der Waals surface area contributed by atoms with Crippen LogP contribution in [0.2, 0.25) is 0 Å². The average Bonchev–Trinajstić information content (AvgIpc) is 3.39. The molecule has 11 nitrogen and oxygen atoms in total. The zero-order valence-electron chi connectivity index (χ0n) is 20.7. The average molecular weight is 588 g/mol. The molecule has 210 valence electrons. The van der Waals surface area contributed by atoms with E-state index in [0.717, 1.165) is 10.6 Å². The molecule has 1 aromatic heterocycles. The van der Waals surface area contributed by atoms with E-state index in [4.69, 9.17) is 4.42 Å². The Kier molecular flexibility index (Phi) is 7.64. The van der Waals surface area contributed by atoms with Crippen LogP contribution in [0.5, 0.6) is 0 Å². The minimum atomic E-state index is -4.64. The van der Waals surface area contributed by atoms with Gasteiger partial charge in [-0.2, -0.15) is 22.5 Å². The summed E-state index contributed by atoms with van der Waals surface area (Å²) in [6.45, 7) is 0.142. The molecule has 1 aliphatic heterocycles. The number of piperazine rings is 1. The molecule has 2 heterocycles. The maximum atomic E-state index is 13.1. The van der Waals surface area contributed by atoms with Crippen molar-refractivity contribution >= 4 is 43.3 Å². The minimum absolute atomic E-state index is 0.00477. The Bertz CT molecular complexity index is 1570. The van der Waals surface area contributed by atoms with Crippen LogP contribution in [0.3, 0.4) is 0 Å². The number of amides is 1. The molecule has 0 bridgehead atoms. The summed E-state index contributed by atoms with van der Waals surface area (Å²) >= 11 is 0. The number of para-hydroxylation sites is 1. The van der Waals surface area contributed by atoms with Crippen LogP contribution < -0.4 is 14.5 Å². The fourth-order valence-electron chi connectivity index (χ4n) is 3.84. The van der Waals surface area contributed by atoms with Crippen LogP contribution >= 0.6 is 0 Å². The van der Waals surface area contributed by atoms with Gasteiger partial charge in [-0.15, -0.1) is 0 Å². The molecular formula is C23H24F3N5O6S2. The van der Waals surface area contributed by atoms with Crippen molar-refractivity contribution in [2.45, 2.75) is 11.1 Å². The van der Waals surface area contributed by atoms with Crippen LogP contribution in [0.4, 0.5) is 30.6 Å². The van der Waals surface area contributed by atoms with Crippen molar-refractivity contribution in [3.63, 3.8) is 0 Å². The lowest BCUT2D eigenvalue weighted by Gasteiger charge is -2.33. The van der Waals surface area contributed by atoms with Crippen LogP contribution in [-0.4, -0.2) is 71.5 Å². The summed E-state index contributed by atoms with van der Waals surface area (Å²) in [7, 11) is -6.22. The number of aromatic nitrogens is 1. The zero-order chi connectivity index (χ0) is 28.6. The van der Waals surface area contributed by atoms with Gasteiger partial charge in [0.2, 0.25) is 20.0 Å². The van der Waals surface area contributed by atoms with E-state index in [1.165, 1.54) is 52.7 Å². The Labute approximate surface area is 222 Å². The third-order valence-corrected chi connectivity index (χ3v) is 9.13. The number of hydrogen-bond donors (Lipinski definition) is 1. The first-order valence-corrected chi connectivity index (χ1v) is 14.7. The molecule has 1 fully saturated rings. The highest BCUT2D eigenvalue weighted by Gasteiger charge is 2.36. The largest absolute Gasteiger partial charge is 0.436 e. The van der Waals surface area contributed by atoms with E-state index >= 15 is 0 Å². The second-order valence-corrected chi connectivity index (χ2v) is 12.6. The zero-order valence-corrected chi connectivity index (χ0v) is 22.3. The Balaban J connectivity index is 1.42. The molecule has 1 aliphatic rings. The molecule has 0 spiro atoms. The van der Waals surface area contributed by atoms with Gasteiger partial charge < -0.3 is 14.6 Å². The third kappa shape index (κ3) is 6.17. The summed E-state index contributed by atoms with van der Waals surface area (Å²) in [5, 5.41) is 2.63. The fourth-order valence-corrected chi connectivity index (χ4v) is 5.77. The van der Waals surface area contributed by atoms with E-state index < -0.39 is 37.8 Å². The molecule has 3 aromatic rings. The molecule has 1 amide bonds. The predicted molar refractivity (Wildman–Crippen MR) is 137 cm³/mol. The highest BCUT2D eigenvalue weighted by Crippen LogP contribution is 2.31. The summed E-state index contributed by atoms with van der Waals surface area (Å²) in [5.74, 6) is -0.590. The number of rotatable bonds is 7. The highest BCUT2D eigenvalue weighted by atomic mass is 32.2. The van der Waals surface area contributed by atoms with Crippen molar-refractivity contribution in [1.29, 1.82) is 0 Å². The van der Waals surface area contributed by atoms with E-state index in [-0.39, 0.29) is 54.0 Å². The lowest BCUT2D eigenvalue weighted by molar-refractivity contribution is -0.141. The quantitative estimate of drug-likeness (QED) is 0.446. The maximum absolute atomic E-state index is 13.1. The number of hydrogen-bond acceptors (Lipinski definition) is 8. The molecular weight excluding hydrogens is 563 g/mol. The van der Waals surface area contributed by atoms with E-state index in [2.05, 4.69) is 10.3 Å². The van der Waals surface area contributed by atoms with Crippen molar-refractivity contribution in [3.05, 3.63) is 66.1 Å². The summed E-state index contributed by atoms with van der Waals surface area (Å²) in [4.78, 5) is 17.7. The van der Waals surface area contributed by atoms with Crippen molar-refractivity contribution in [3.8, 4) is 0 Å². The van der Waals surface area contributed by atoms with Gasteiger partial charge in [-0.1, -0.05) is 12.1 Å². The van der Waals surface area contributed by atoms with Crippen LogP contribution in [-0.2, 0) is 26.2 Å². The maximum Gasteiger partial charge on any atom is 0.436 e. The first kappa shape index (κ1) is 28.4. The van der Waals surface area contributed by atoms with Crippen LogP contribution in [0.25, 0.3) is 0 Å². The Morgan fingerprint density at radius 2 is 1.62 bits per heavy atom. The van der Waals surface area contributed by atoms with E-state index in [1.807, 2.05) is 0 Å². The Hall–Kier alpha value is -3.63. The van der Waals surface area contributed by atoms with Gasteiger partial charge >= 0.3 is 6.18 Å². The number of carbonyl (C=O) groups excluding carboxylic acids is 1. The number of alkyl halides is 3. The van der Waals surface area contributed by atoms with Crippen LogP contribution in [0.1, 0.15) is 16.1 Å². The summed E-state index contributed by atoms with van der Waals surface area (Å²) < 4.78 is 95.5. The van der Waals surface area contributed by atoms with Gasteiger partial charge in [0.15, 0.2) is 5.69 Å². The SMILES string of the molecule is CN(c1ccccc1C(=O)Nc1ccc(S(=O)(=O)N2CCN(c3nc(C(F)(F)F)co3)CC2)cc1)S(C)(=O)=O. The Morgan fingerprint density at radius 3 is 2.18 bits per heavy atom. The number of anilines is 3. The third-order valence-electron chi connectivity index (χ3n) is 6.03. The molecule has 0 radical (unpaired) electrons. The van der Waals surface area contributed by atoms with Crippen LogP contribution in [0.15, 0.2) is 64.1 Å². The topological polar surface area (TPSA) is 133 Å². The number of carbonyl (C=O) groups is 1. The minimum Gasteiger partial charge on any atom is -0.431 e. The van der Waals surface area contributed by atoms with Crippen molar-refractivity contribution in [2.24, 2.45) is 0 Å². The summed E-state index contributed by atoms with van der Waals surface area (Å²) in [6, 6.07) is 11.3. The predicted octanol–water partition coefficient (Wildman–Crippen LogP) is 2.85. The standard InChI is InChI=1S/C23H24F3N5O6S2/c1-29(38(2,33)34)19-6-4-3-5-18(19)21(32)27-16-7-9-17(10-8-16)39(35,36)31-13-11-30(12-14-31)22-28-20(15-37-22)23(24,25)26/h3-10,15H,11-14H2,1-2H3,(H,27,32). The molecule has 4 rings (SSSR count). The van der Waals surface area contributed by atoms with Crippen molar-refractivity contribution < 1.29 is 39.2 Å². The fraction of sp³-hybridized carbons (Fsp3) is 0.304. The number of nitrogens with one attached hydrogen (secondary N) is 1. The van der Waals surface area contributed by atoms with Crippen molar-refractivity contribution in [1.82, 2.24) is 9.29 Å². The smallest absolute Gasteiger partial charge is 0.431 e. The van der Waals surface area contributed by atoms with Gasteiger partial charge in [-0.05, 0) is 36.4 Å². The van der Waals surface area contributed by atoms with Gasteiger partial charge in [0, 0.05) is 38.9 Å². The first-order chi connectivity index (χ1) is 18.2. The second-order valence-electron chi connectivity index (χ2n) is 8.63. The van der Waals surface area contributed by atoms with E-state index in [9.17, 15) is 34.8 Å². The molecule has 39 heavy (non-hydrogen) atoms. The lowest BCUT2D eigenvalue weighted by atomic mass is 10.1. The normalized spacial score (nSPS) is 15.3. The van der Waals surface area contributed by atoms with E-state index in [0.29, 0.717) is 6.26 Å². The van der Waals surface area contributed by atoms with Gasteiger partial charge in [-0.25, -0.2) is 16.8 Å². The molecule has 16 heteroatoms. The molecule has 0 saturated carbocycles.